The molecule has 1 aliphatic rings. The maximum atomic E-state index is 12.2. The first kappa shape index (κ1) is 11.2. The van der Waals surface area contributed by atoms with Crippen LogP contribution in [0, 0.1) is 0 Å². The van der Waals surface area contributed by atoms with Gasteiger partial charge in [-0.05, 0) is 6.07 Å². The van der Waals surface area contributed by atoms with Crippen LogP contribution >= 0.6 is 11.6 Å². The van der Waals surface area contributed by atoms with Gasteiger partial charge in [0, 0.05) is 23.3 Å². The number of amides is 1. The molecule has 0 bridgehead atoms. The van der Waals surface area contributed by atoms with Crippen LogP contribution < -0.4 is 0 Å². The number of alkyl halides is 3. The van der Waals surface area contributed by atoms with Gasteiger partial charge < -0.3 is 4.90 Å². The standard InChI is InChI=1S/C9H6ClF3N2O/c10-6-1-2-14-7-4-15(3-5(6)7)8(16)9(11,12)13/h1-2H,3-4H2. The van der Waals surface area contributed by atoms with E-state index in [0.29, 0.717) is 21.2 Å². The van der Waals surface area contributed by atoms with Crippen LogP contribution in [0.25, 0.3) is 0 Å². The largest absolute Gasteiger partial charge is 0.471 e. The van der Waals surface area contributed by atoms with E-state index in [1.165, 1.54) is 12.3 Å². The van der Waals surface area contributed by atoms with Crippen molar-refractivity contribution in [3.8, 4) is 0 Å². The Bertz CT molecular complexity index is 447. The lowest BCUT2D eigenvalue weighted by Crippen LogP contribution is -2.37. The van der Waals surface area contributed by atoms with Crippen LogP contribution in [-0.2, 0) is 17.9 Å². The molecule has 1 aromatic rings. The van der Waals surface area contributed by atoms with Gasteiger partial charge in [-0.3, -0.25) is 9.78 Å². The van der Waals surface area contributed by atoms with Crippen molar-refractivity contribution < 1.29 is 18.0 Å². The van der Waals surface area contributed by atoms with Crippen LogP contribution in [0.4, 0.5) is 13.2 Å². The molecule has 0 saturated heterocycles. The van der Waals surface area contributed by atoms with Gasteiger partial charge in [-0.1, -0.05) is 11.6 Å². The zero-order valence-corrected chi connectivity index (χ0v) is 8.64. The highest BCUT2D eigenvalue weighted by Crippen LogP contribution is 2.30. The maximum Gasteiger partial charge on any atom is 0.471 e. The molecule has 1 aliphatic heterocycles. The van der Waals surface area contributed by atoms with E-state index in [0.717, 1.165) is 0 Å². The van der Waals surface area contributed by atoms with Crippen LogP contribution in [0.1, 0.15) is 11.3 Å². The third kappa shape index (κ3) is 1.84. The molecular weight excluding hydrogens is 245 g/mol. The summed E-state index contributed by atoms with van der Waals surface area (Å²) in [5, 5.41) is 0.336. The number of pyridine rings is 1. The molecule has 0 radical (unpaired) electrons. The van der Waals surface area contributed by atoms with Gasteiger partial charge in [-0.25, -0.2) is 0 Å². The molecule has 0 saturated carbocycles. The van der Waals surface area contributed by atoms with E-state index < -0.39 is 12.1 Å². The van der Waals surface area contributed by atoms with E-state index >= 15 is 0 Å². The summed E-state index contributed by atoms with van der Waals surface area (Å²) in [6.07, 6.45) is -3.45. The first-order valence-electron chi connectivity index (χ1n) is 4.38. The molecule has 16 heavy (non-hydrogen) atoms. The Morgan fingerprint density at radius 2 is 2.12 bits per heavy atom. The summed E-state index contributed by atoms with van der Waals surface area (Å²) in [5.74, 6) is -1.86. The van der Waals surface area contributed by atoms with Crippen molar-refractivity contribution >= 4 is 17.5 Å². The molecule has 3 nitrogen and oxygen atoms in total. The molecule has 0 N–H and O–H groups in total. The zero-order chi connectivity index (χ0) is 11.9. The first-order chi connectivity index (χ1) is 7.39. The third-order valence-corrected chi connectivity index (χ3v) is 2.66. The fourth-order valence-electron chi connectivity index (χ4n) is 1.56. The van der Waals surface area contributed by atoms with Gasteiger partial charge in [0.1, 0.15) is 0 Å². The van der Waals surface area contributed by atoms with Crippen LogP contribution in [0.3, 0.4) is 0 Å². The third-order valence-electron chi connectivity index (χ3n) is 2.31. The Morgan fingerprint density at radius 1 is 1.44 bits per heavy atom. The van der Waals surface area contributed by atoms with Crippen molar-refractivity contribution in [3.05, 3.63) is 28.5 Å². The van der Waals surface area contributed by atoms with Crippen LogP contribution in [0.5, 0.6) is 0 Å². The van der Waals surface area contributed by atoms with Crippen molar-refractivity contribution in [1.82, 2.24) is 9.88 Å². The van der Waals surface area contributed by atoms with E-state index in [4.69, 9.17) is 11.6 Å². The Kier molecular flexibility index (Phi) is 2.53. The molecule has 86 valence electrons. The number of nitrogens with zero attached hydrogens (tertiary/aromatic N) is 2. The lowest BCUT2D eigenvalue weighted by molar-refractivity contribution is -0.186. The summed E-state index contributed by atoms with van der Waals surface area (Å²) in [7, 11) is 0. The lowest BCUT2D eigenvalue weighted by atomic mass is 10.2. The van der Waals surface area contributed by atoms with E-state index in [1.54, 1.807) is 0 Å². The van der Waals surface area contributed by atoms with Gasteiger partial charge in [0.2, 0.25) is 0 Å². The molecule has 1 amide bonds. The summed E-state index contributed by atoms with van der Waals surface area (Å²) in [5.41, 5.74) is 0.909. The molecule has 0 atom stereocenters. The van der Waals surface area contributed by atoms with Crippen molar-refractivity contribution in [2.24, 2.45) is 0 Å². The highest BCUT2D eigenvalue weighted by Gasteiger charge is 2.44. The molecular formula is C9H6ClF3N2O. The summed E-state index contributed by atoms with van der Waals surface area (Å²) in [6.45, 7) is -0.283. The molecule has 0 aliphatic carbocycles. The number of halogens is 4. The van der Waals surface area contributed by atoms with Gasteiger partial charge in [-0.2, -0.15) is 13.2 Å². The van der Waals surface area contributed by atoms with E-state index in [-0.39, 0.29) is 13.1 Å². The number of carbonyl (C=O) groups is 1. The molecule has 0 aromatic carbocycles. The molecule has 0 unspecified atom stereocenters. The second kappa shape index (κ2) is 3.62. The van der Waals surface area contributed by atoms with Gasteiger partial charge in [0.05, 0.1) is 12.2 Å². The predicted octanol–water partition coefficient (Wildman–Crippen LogP) is 2.14. The summed E-state index contributed by atoms with van der Waals surface area (Å²) in [4.78, 5) is 15.5. The monoisotopic (exact) mass is 250 g/mol. The van der Waals surface area contributed by atoms with Gasteiger partial charge >= 0.3 is 12.1 Å². The fraction of sp³-hybridized carbons (Fsp3) is 0.333. The van der Waals surface area contributed by atoms with Crippen LogP contribution in [0.15, 0.2) is 12.3 Å². The molecule has 7 heteroatoms. The number of fused-ring (bicyclic) bond motifs is 1. The van der Waals surface area contributed by atoms with E-state index in [2.05, 4.69) is 4.98 Å². The molecule has 2 rings (SSSR count). The molecule has 2 heterocycles. The Hall–Kier alpha value is -1.30. The van der Waals surface area contributed by atoms with Crippen molar-refractivity contribution in [2.75, 3.05) is 0 Å². The Balaban J connectivity index is 2.24. The summed E-state index contributed by atoms with van der Waals surface area (Å²) < 4.78 is 36.5. The highest BCUT2D eigenvalue weighted by atomic mass is 35.5. The quantitative estimate of drug-likeness (QED) is 0.707. The number of carbonyl (C=O) groups excluding carboxylic acids is 1. The van der Waals surface area contributed by atoms with E-state index in [1.807, 2.05) is 0 Å². The maximum absolute atomic E-state index is 12.2. The Labute approximate surface area is 93.8 Å². The predicted molar refractivity (Wildman–Crippen MR) is 49.6 cm³/mol. The minimum atomic E-state index is -4.85. The number of rotatable bonds is 0. The SMILES string of the molecule is O=C(N1Cc2nccc(Cl)c2C1)C(F)(F)F. The zero-order valence-electron chi connectivity index (χ0n) is 7.88. The van der Waals surface area contributed by atoms with E-state index in [9.17, 15) is 18.0 Å². The minimum absolute atomic E-state index is 0.139. The summed E-state index contributed by atoms with van der Waals surface area (Å²) >= 11 is 5.79. The molecule has 1 aromatic heterocycles. The number of hydrogen-bond acceptors (Lipinski definition) is 2. The average molecular weight is 251 g/mol. The smallest absolute Gasteiger partial charge is 0.325 e. The second-order valence-corrected chi connectivity index (χ2v) is 3.78. The van der Waals surface area contributed by atoms with Crippen LogP contribution in [0.2, 0.25) is 5.02 Å². The fourth-order valence-corrected chi connectivity index (χ4v) is 1.79. The van der Waals surface area contributed by atoms with Crippen molar-refractivity contribution in [3.63, 3.8) is 0 Å². The van der Waals surface area contributed by atoms with Crippen molar-refractivity contribution in [1.29, 1.82) is 0 Å². The first-order valence-corrected chi connectivity index (χ1v) is 4.76. The van der Waals surface area contributed by atoms with Gasteiger partial charge in [-0.15, -0.1) is 0 Å². The second-order valence-electron chi connectivity index (χ2n) is 3.38. The van der Waals surface area contributed by atoms with Crippen molar-refractivity contribution in [2.45, 2.75) is 19.3 Å². The average Bonchev–Trinajstić information content (AvgIpc) is 2.60. The van der Waals surface area contributed by atoms with Crippen LogP contribution in [-0.4, -0.2) is 22.0 Å². The minimum Gasteiger partial charge on any atom is -0.325 e. The number of aromatic nitrogens is 1. The van der Waals surface area contributed by atoms with Gasteiger partial charge in [0.15, 0.2) is 0 Å². The Morgan fingerprint density at radius 3 is 2.69 bits per heavy atom. The topological polar surface area (TPSA) is 33.2 Å². The summed E-state index contributed by atoms with van der Waals surface area (Å²) in [6, 6.07) is 1.49. The molecule has 0 spiro atoms. The highest BCUT2D eigenvalue weighted by molar-refractivity contribution is 6.31. The molecule has 0 fully saturated rings. The van der Waals surface area contributed by atoms with Gasteiger partial charge in [0.25, 0.3) is 0 Å². The normalized spacial score (nSPS) is 15.1. The number of hydrogen-bond donors (Lipinski definition) is 0. The lowest BCUT2D eigenvalue weighted by Gasteiger charge is -2.16.